The van der Waals surface area contributed by atoms with Gasteiger partial charge in [-0.05, 0) is 68.7 Å². The molecule has 0 bridgehead atoms. The fourth-order valence-electron chi connectivity index (χ4n) is 4.31. The molecule has 1 amide bonds. The lowest BCUT2D eigenvalue weighted by molar-refractivity contribution is 0.102. The second-order valence-corrected chi connectivity index (χ2v) is 9.15. The molecule has 0 radical (unpaired) electrons. The summed E-state index contributed by atoms with van der Waals surface area (Å²) in [5.41, 5.74) is 2.97. The van der Waals surface area contributed by atoms with Crippen molar-refractivity contribution in [2.24, 2.45) is 0 Å². The second-order valence-electron chi connectivity index (χ2n) is 8.72. The number of imidazole rings is 1. The van der Waals surface area contributed by atoms with Gasteiger partial charge >= 0.3 is 0 Å². The number of rotatable bonds is 9. The van der Waals surface area contributed by atoms with Crippen molar-refractivity contribution >= 4 is 40.4 Å². The Kier molecular flexibility index (Phi) is 7.20. The normalized spacial score (nSPS) is 13.9. The monoisotopic (exact) mass is 489 g/mol. The number of fused-ring (bicyclic) bond motifs is 1. The van der Waals surface area contributed by atoms with Gasteiger partial charge in [-0.2, -0.15) is 9.97 Å². The molecule has 1 saturated heterocycles. The third-order valence-electron chi connectivity index (χ3n) is 6.13. The van der Waals surface area contributed by atoms with E-state index >= 15 is 0 Å². The number of anilines is 2. The summed E-state index contributed by atoms with van der Waals surface area (Å²) in [6.45, 7) is 4.81. The Labute approximate surface area is 209 Å². The fraction of sp³-hybridized carbons (Fsp3) is 0.308. The number of benzene rings is 2. The summed E-state index contributed by atoms with van der Waals surface area (Å²) in [5.74, 6) is 0.555. The minimum atomic E-state index is -0.296. The summed E-state index contributed by atoms with van der Waals surface area (Å²) in [5, 5.41) is 6.83. The van der Waals surface area contributed by atoms with Crippen LogP contribution in [-0.4, -0.2) is 56.5 Å². The maximum atomic E-state index is 12.8. The molecule has 5 rings (SSSR count). The van der Waals surface area contributed by atoms with Gasteiger partial charge in [-0.1, -0.05) is 41.9 Å². The van der Waals surface area contributed by atoms with Crippen molar-refractivity contribution in [3.05, 3.63) is 77.1 Å². The van der Waals surface area contributed by atoms with E-state index in [4.69, 9.17) is 11.6 Å². The van der Waals surface area contributed by atoms with E-state index in [0.717, 1.165) is 25.1 Å². The molecular formula is C26H28ClN7O. The lowest BCUT2D eigenvalue weighted by Gasteiger charge is -2.15. The van der Waals surface area contributed by atoms with E-state index in [0.29, 0.717) is 34.1 Å². The van der Waals surface area contributed by atoms with Crippen LogP contribution in [0.2, 0.25) is 5.02 Å². The van der Waals surface area contributed by atoms with Gasteiger partial charge in [0, 0.05) is 17.1 Å². The molecule has 0 saturated carbocycles. The lowest BCUT2D eigenvalue weighted by Crippen LogP contribution is -2.22. The Morgan fingerprint density at radius 3 is 2.54 bits per heavy atom. The van der Waals surface area contributed by atoms with Crippen LogP contribution in [0.1, 0.15) is 35.2 Å². The first-order chi connectivity index (χ1) is 17.2. The molecule has 2 aromatic heterocycles. The number of nitrogens with zero attached hydrogens (tertiary/aromatic N) is 5. The highest BCUT2D eigenvalue weighted by molar-refractivity contribution is 6.30. The number of halogens is 1. The molecular weight excluding hydrogens is 462 g/mol. The average molecular weight is 490 g/mol. The van der Waals surface area contributed by atoms with E-state index in [1.54, 1.807) is 30.6 Å². The van der Waals surface area contributed by atoms with Crippen molar-refractivity contribution < 1.29 is 4.79 Å². The molecule has 2 N–H and O–H groups in total. The molecule has 1 fully saturated rings. The van der Waals surface area contributed by atoms with Crippen LogP contribution >= 0.6 is 11.6 Å². The Morgan fingerprint density at radius 1 is 1.00 bits per heavy atom. The van der Waals surface area contributed by atoms with Crippen molar-refractivity contribution in [2.45, 2.75) is 25.8 Å². The minimum absolute atomic E-state index is 0.231. The van der Waals surface area contributed by atoms with Crippen LogP contribution in [-0.2, 0) is 6.54 Å². The number of nitrogens with one attached hydrogen (secondary N) is 2. The van der Waals surface area contributed by atoms with Gasteiger partial charge < -0.3 is 14.8 Å². The van der Waals surface area contributed by atoms with Crippen molar-refractivity contribution in [1.29, 1.82) is 0 Å². The van der Waals surface area contributed by atoms with Gasteiger partial charge in [0.1, 0.15) is 0 Å². The predicted octanol–water partition coefficient (Wildman–Crippen LogP) is 4.68. The van der Waals surface area contributed by atoms with Crippen LogP contribution in [0.25, 0.3) is 11.2 Å². The zero-order valence-electron chi connectivity index (χ0n) is 19.5. The maximum absolute atomic E-state index is 12.8. The van der Waals surface area contributed by atoms with E-state index < -0.39 is 0 Å². The minimum Gasteiger partial charge on any atom is -0.368 e. The lowest BCUT2D eigenvalue weighted by atomic mass is 10.2. The first kappa shape index (κ1) is 23.3. The van der Waals surface area contributed by atoms with E-state index in [1.165, 1.54) is 25.9 Å². The van der Waals surface area contributed by atoms with Gasteiger partial charge in [-0.25, -0.2) is 4.98 Å². The number of amides is 1. The van der Waals surface area contributed by atoms with Crippen molar-refractivity contribution in [3.8, 4) is 0 Å². The SMILES string of the molecule is O=C(Nc1nc(NCCCN2CCCC2)c2ncn(Cc3ccccc3)c2n1)c1ccc(Cl)cc1. The quantitative estimate of drug-likeness (QED) is 0.332. The predicted molar refractivity (Wildman–Crippen MR) is 139 cm³/mol. The molecule has 0 atom stereocenters. The number of likely N-dealkylation sites (tertiary alicyclic amines) is 1. The van der Waals surface area contributed by atoms with Gasteiger partial charge in [0.25, 0.3) is 5.91 Å². The first-order valence-electron chi connectivity index (χ1n) is 12.0. The molecule has 1 aliphatic heterocycles. The molecule has 1 aliphatic rings. The molecule has 0 spiro atoms. The van der Waals surface area contributed by atoms with E-state index in [-0.39, 0.29) is 11.9 Å². The standard InChI is InChI=1S/C26H28ClN7O/c27-21-11-9-20(10-12-21)25(35)32-26-30-23(28-13-6-16-33-14-4-5-15-33)22-24(31-26)34(18-29-22)17-19-7-2-1-3-8-19/h1-3,7-12,18H,4-6,13-17H2,(H2,28,30,31,32,35). The summed E-state index contributed by atoms with van der Waals surface area (Å²) in [6, 6.07) is 16.9. The van der Waals surface area contributed by atoms with Crippen molar-refractivity contribution in [3.63, 3.8) is 0 Å². The Hall–Kier alpha value is -3.49. The molecule has 4 aromatic rings. The van der Waals surface area contributed by atoms with Crippen LogP contribution in [0, 0.1) is 0 Å². The first-order valence-corrected chi connectivity index (χ1v) is 12.3. The number of hydrogen-bond acceptors (Lipinski definition) is 6. The number of hydrogen-bond donors (Lipinski definition) is 2. The van der Waals surface area contributed by atoms with Crippen LogP contribution in [0.3, 0.4) is 0 Å². The summed E-state index contributed by atoms with van der Waals surface area (Å²) >= 11 is 5.96. The highest BCUT2D eigenvalue weighted by Crippen LogP contribution is 2.22. The number of aromatic nitrogens is 4. The van der Waals surface area contributed by atoms with Crippen LogP contribution in [0.4, 0.5) is 11.8 Å². The van der Waals surface area contributed by atoms with Crippen LogP contribution in [0.15, 0.2) is 60.9 Å². The van der Waals surface area contributed by atoms with Gasteiger partial charge in [0.15, 0.2) is 17.0 Å². The van der Waals surface area contributed by atoms with Gasteiger partial charge in [-0.15, -0.1) is 0 Å². The maximum Gasteiger partial charge on any atom is 0.258 e. The van der Waals surface area contributed by atoms with E-state index in [2.05, 4.69) is 42.6 Å². The van der Waals surface area contributed by atoms with Crippen molar-refractivity contribution in [2.75, 3.05) is 36.8 Å². The summed E-state index contributed by atoms with van der Waals surface area (Å²) in [4.78, 5) is 29.2. The third kappa shape index (κ3) is 5.78. The number of carbonyl (C=O) groups is 1. The molecule has 8 nitrogen and oxygen atoms in total. The van der Waals surface area contributed by atoms with Crippen LogP contribution < -0.4 is 10.6 Å². The molecule has 180 valence electrons. The highest BCUT2D eigenvalue weighted by Gasteiger charge is 2.16. The summed E-state index contributed by atoms with van der Waals surface area (Å²) in [6.07, 6.45) is 5.35. The highest BCUT2D eigenvalue weighted by atomic mass is 35.5. The Bertz CT molecular complexity index is 1280. The topological polar surface area (TPSA) is 88.0 Å². The van der Waals surface area contributed by atoms with E-state index in [9.17, 15) is 4.79 Å². The van der Waals surface area contributed by atoms with Gasteiger partial charge in [0.2, 0.25) is 5.95 Å². The second kappa shape index (κ2) is 10.8. The van der Waals surface area contributed by atoms with Crippen LogP contribution in [0.5, 0.6) is 0 Å². The third-order valence-corrected chi connectivity index (χ3v) is 6.39. The molecule has 9 heteroatoms. The van der Waals surface area contributed by atoms with E-state index in [1.807, 2.05) is 22.8 Å². The molecule has 0 aliphatic carbocycles. The fourth-order valence-corrected chi connectivity index (χ4v) is 4.44. The van der Waals surface area contributed by atoms with Crippen molar-refractivity contribution in [1.82, 2.24) is 24.4 Å². The Balaban J connectivity index is 1.39. The molecule has 2 aromatic carbocycles. The molecule has 35 heavy (non-hydrogen) atoms. The molecule has 3 heterocycles. The Morgan fingerprint density at radius 2 is 1.77 bits per heavy atom. The summed E-state index contributed by atoms with van der Waals surface area (Å²) < 4.78 is 1.97. The largest absolute Gasteiger partial charge is 0.368 e. The number of carbonyl (C=O) groups excluding carboxylic acids is 1. The average Bonchev–Trinajstić information content (AvgIpc) is 3.53. The smallest absolute Gasteiger partial charge is 0.258 e. The van der Waals surface area contributed by atoms with Gasteiger partial charge in [-0.3, -0.25) is 10.1 Å². The van der Waals surface area contributed by atoms with Gasteiger partial charge in [0.05, 0.1) is 12.9 Å². The zero-order chi connectivity index (χ0) is 24.0. The zero-order valence-corrected chi connectivity index (χ0v) is 20.2. The summed E-state index contributed by atoms with van der Waals surface area (Å²) in [7, 11) is 0. The molecule has 0 unspecified atom stereocenters.